The molecule has 5 heteroatoms. The van der Waals surface area contributed by atoms with Crippen LogP contribution in [-0.4, -0.2) is 12.5 Å². The van der Waals surface area contributed by atoms with Crippen LogP contribution in [0, 0.1) is 11.8 Å². The van der Waals surface area contributed by atoms with Gasteiger partial charge in [-0.1, -0.05) is 53.0 Å². The lowest BCUT2D eigenvalue weighted by Gasteiger charge is -2.38. The Morgan fingerprint density at radius 1 is 0.840 bits per heavy atom. The second kappa shape index (κ2) is 6.83. The number of amides is 1. The quantitative estimate of drug-likeness (QED) is 0.698. The topological polar surface area (TPSA) is 29.1 Å². The first-order chi connectivity index (χ1) is 12.0. The van der Waals surface area contributed by atoms with E-state index in [4.69, 9.17) is 34.8 Å². The van der Waals surface area contributed by atoms with E-state index in [0.29, 0.717) is 16.0 Å². The number of carbonyl (C=O) groups is 1. The molecule has 1 amide bonds. The third-order valence-corrected chi connectivity index (χ3v) is 6.47. The van der Waals surface area contributed by atoms with Gasteiger partial charge in [-0.3, -0.25) is 4.79 Å². The molecular formula is C20H18Cl3NO. The molecule has 2 aromatic carbocycles. The van der Waals surface area contributed by atoms with Crippen LogP contribution in [0.2, 0.25) is 15.1 Å². The molecule has 1 saturated carbocycles. The Labute approximate surface area is 162 Å². The predicted molar refractivity (Wildman–Crippen MR) is 103 cm³/mol. The summed E-state index contributed by atoms with van der Waals surface area (Å²) < 4.78 is 0. The number of hydrogen-bond donors (Lipinski definition) is 1. The van der Waals surface area contributed by atoms with E-state index in [2.05, 4.69) is 17.4 Å². The van der Waals surface area contributed by atoms with Crippen LogP contribution >= 0.6 is 34.8 Å². The number of benzene rings is 2. The summed E-state index contributed by atoms with van der Waals surface area (Å²) in [6.07, 6.45) is 1.78. The third-order valence-electron chi connectivity index (χ3n) is 5.65. The molecule has 0 radical (unpaired) electrons. The molecule has 2 aliphatic rings. The number of hydrogen-bond acceptors (Lipinski definition) is 1. The van der Waals surface area contributed by atoms with E-state index in [1.165, 1.54) is 5.56 Å². The van der Waals surface area contributed by atoms with Crippen LogP contribution < -0.4 is 5.32 Å². The lowest BCUT2D eigenvalue weighted by molar-refractivity contribution is -0.123. The van der Waals surface area contributed by atoms with E-state index >= 15 is 0 Å². The third kappa shape index (κ3) is 3.28. The molecule has 4 atom stereocenters. The molecule has 1 saturated heterocycles. The van der Waals surface area contributed by atoms with Crippen LogP contribution in [0.1, 0.15) is 35.8 Å². The molecule has 1 aliphatic carbocycles. The summed E-state index contributed by atoms with van der Waals surface area (Å²) in [5.74, 6) is 1.14. The average molecular weight is 395 g/mol. The van der Waals surface area contributed by atoms with Crippen molar-refractivity contribution in [3.63, 3.8) is 0 Å². The van der Waals surface area contributed by atoms with Crippen LogP contribution in [0.25, 0.3) is 0 Å². The van der Waals surface area contributed by atoms with Gasteiger partial charge in [-0.2, -0.15) is 0 Å². The first-order valence-electron chi connectivity index (χ1n) is 8.51. The first kappa shape index (κ1) is 17.2. The van der Waals surface area contributed by atoms with Crippen LogP contribution in [0.4, 0.5) is 0 Å². The molecule has 1 N–H and O–H groups in total. The van der Waals surface area contributed by atoms with Gasteiger partial charge < -0.3 is 5.32 Å². The molecule has 130 valence electrons. The summed E-state index contributed by atoms with van der Waals surface area (Å²) in [5, 5.41) is 5.09. The summed E-state index contributed by atoms with van der Waals surface area (Å²) in [5.41, 5.74) is 2.32. The number of rotatable bonds is 2. The van der Waals surface area contributed by atoms with E-state index in [1.807, 2.05) is 30.3 Å². The monoisotopic (exact) mass is 393 g/mol. The first-order valence-corrected chi connectivity index (χ1v) is 9.64. The molecule has 4 rings (SSSR count). The highest BCUT2D eigenvalue weighted by atomic mass is 35.5. The minimum Gasteiger partial charge on any atom is -0.356 e. The van der Waals surface area contributed by atoms with Crippen molar-refractivity contribution in [3.05, 3.63) is 68.7 Å². The molecule has 1 aliphatic heterocycles. The molecule has 2 fully saturated rings. The zero-order chi connectivity index (χ0) is 17.6. The molecule has 4 unspecified atom stereocenters. The van der Waals surface area contributed by atoms with Crippen LogP contribution in [-0.2, 0) is 4.79 Å². The van der Waals surface area contributed by atoms with Gasteiger partial charge in [0.1, 0.15) is 0 Å². The number of carbonyl (C=O) groups excluding carboxylic acids is 1. The Morgan fingerprint density at radius 2 is 1.56 bits per heavy atom. The maximum Gasteiger partial charge on any atom is 0.223 e. The van der Waals surface area contributed by atoms with Gasteiger partial charge in [-0.25, -0.2) is 0 Å². The Hall–Kier alpha value is -1.22. The highest BCUT2D eigenvalue weighted by Crippen LogP contribution is 2.51. The van der Waals surface area contributed by atoms with Crippen LogP contribution in [0.5, 0.6) is 0 Å². The van der Waals surface area contributed by atoms with Gasteiger partial charge in [0, 0.05) is 27.5 Å². The Morgan fingerprint density at radius 3 is 2.28 bits per heavy atom. The number of fused-ring (bicyclic) bond motifs is 1. The van der Waals surface area contributed by atoms with Crippen molar-refractivity contribution in [2.75, 3.05) is 6.54 Å². The van der Waals surface area contributed by atoms with Gasteiger partial charge in [0.05, 0.1) is 0 Å². The lowest BCUT2D eigenvalue weighted by atomic mass is 9.65. The molecule has 0 aromatic heterocycles. The SMILES string of the molecule is O=C1NCC2CC(c3ccc(Cl)cc3Cl)C(c3ccc(Cl)cc3)CC12. The van der Waals surface area contributed by atoms with Crippen molar-refractivity contribution in [1.29, 1.82) is 0 Å². The average Bonchev–Trinajstić information content (AvgIpc) is 2.95. The van der Waals surface area contributed by atoms with E-state index in [0.717, 1.165) is 30.0 Å². The zero-order valence-electron chi connectivity index (χ0n) is 13.5. The van der Waals surface area contributed by atoms with Crippen LogP contribution in [0.3, 0.4) is 0 Å². The molecule has 0 spiro atoms. The van der Waals surface area contributed by atoms with Crippen molar-refractivity contribution in [2.24, 2.45) is 11.8 Å². The predicted octanol–water partition coefficient (Wildman–Crippen LogP) is 5.67. The Balaban J connectivity index is 1.75. The highest BCUT2D eigenvalue weighted by Gasteiger charge is 2.45. The highest BCUT2D eigenvalue weighted by molar-refractivity contribution is 6.35. The van der Waals surface area contributed by atoms with Crippen molar-refractivity contribution in [3.8, 4) is 0 Å². The maximum absolute atomic E-state index is 12.2. The molecule has 2 nitrogen and oxygen atoms in total. The minimum absolute atomic E-state index is 0.0861. The second-order valence-electron chi connectivity index (χ2n) is 7.01. The number of halogens is 3. The Kier molecular flexibility index (Phi) is 4.70. The van der Waals surface area contributed by atoms with E-state index in [9.17, 15) is 4.79 Å². The van der Waals surface area contributed by atoms with Gasteiger partial charge >= 0.3 is 0 Å². The largest absolute Gasteiger partial charge is 0.356 e. The van der Waals surface area contributed by atoms with Crippen molar-refractivity contribution >= 4 is 40.7 Å². The van der Waals surface area contributed by atoms with E-state index in [-0.39, 0.29) is 23.7 Å². The maximum atomic E-state index is 12.2. The summed E-state index contributed by atoms with van der Waals surface area (Å²) in [4.78, 5) is 12.2. The molecule has 25 heavy (non-hydrogen) atoms. The summed E-state index contributed by atoms with van der Waals surface area (Å²) in [7, 11) is 0. The number of nitrogens with one attached hydrogen (secondary N) is 1. The molecule has 0 bridgehead atoms. The van der Waals surface area contributed by atoms with Crippen molar-refractivity contribution in [1.82, 2.24) is 5.32 Å². The fourth-order valence-electron chi connectivity index (χ4n) is 4.42. The van der Waals surface area contributed by atoms with Gasteiger partial charge in [0.2, 0.25) is 5.91 Å². The van der Waals surface area contributed by atoms with Gasteiger partial charge in [-0.05, 0) is 66.0 Å². The van der Waals surface area contributed by atoms with Crippen molar-refractivity contribution in [2.45, 2.75) is 24.7 Å². The van der Waals surface area contributed by atoms with E-state index in [1.54, 1.807) is 0 Å². The van der Waals surface area contributed by atoms with Gasteiger partial charge in [0.15, 0.2) is 0 Å². The van der Waals surface area contributed by atoms with Gasteiger partial charge in [-0.15, -0.1) is 0 Å². The standard InChI is InChI=1S/C20H18Cl3NO/c21-13-3-1-11(2-4-13)16-9-17-12(10-24-20(17)25)7-18(16)15-6-5-14(22)8-19(15)23/h1-6,8,12,16-18H,7,9-10H2,(H,24,25). The normalized spacial score (nSPS) is 28.5. The molecular weight excluding hydrogens is 377 g/mol. The fraction of sp³-hybridized carbons (Fsp3) is 0.350. The lowest BCUT2D eigenvalue weighted by Crippen LogP contribution is -2.30. The summed E-state index contributed by atoms with van der Waals surface area (Å²) in [6.45, 7) is 0.762. The summed E-state index contributed by atoms with van der Waals surface area (Å²) in [6, 6.07) is 13.7. The van der Waals surface area contributed by atoms with E-state index < -0.39 is 0 Å². The molecule has 1 heterocycles. The minimum atomic E-state index is 0.0861. The van der Waals surface area contributed by atoms with Crippen molar-refractivity contribution < 1.29 is 4.79 Å². The zero-order valence-corrected chi connectivity index (χ0v) is 15.8. The summed E-state index contributed by atoms with van der Waals surface area (Å²) >= 11 is 18.7. The molecule has 2 aromatic rings. The second-order valence-corrected chi connectivity index (χ2v) is 8.29. The smallest absolute Gasteiger partial charge is 0.223 e. The van der Waals surface area contributed by atoms with Crippen LogP contribution in [0.15, 0.2) is 42.5 Å². The fourth-order valence-corrected chi connectivity index (χ4v) is 5.09. The van der Waals surface area contributed by atoms with Gasteiger partial charge in [0.25, 0.3) is 0 Å². The Bertz CT molecular complexity index is 805.